The summed E-state index contributed by atoms with van der Waals surface area (Å²) in [4.78, 5) is 15.1. The van der Waals surface area contributed by atoms with E-state index in [-0.39, 0.29) is 11.9 Å². The maximum Gasteiger partial charge on any atom is 0.276 e. The fourth-order valence-electron chi connectivity index (χ4n) is 3.41. The van der Waals surface area contributed by atoms with Gasteiger partial charge in [-0.3, -0.25) is 4.79 Å². The summed E-state index contributed by atoms with van der Waals surface area (Å²) in [5.41, 5.74) is 2.68. The van der Waals surface area contributed by atoms with Crippen molar-refractivity contribution >= 4 is 5.91 Å². The lowest BCUT2D eigenvalue weighted by Gasteiger charge is -2.29. The van der Waals surface area contributed by atoms with Crippen molar-refractivity contribution in [2.24, 2.45) is 5.92 Å². The molecular formula is C22H24N4O. The van der Waals surface area contributed by atoms with Crippen LogP contribution in [0.1, 0.15) is 41.4 Å². The summed E-state index contributed by atoms with van der Waals surface area (Å²) < 4.78 is 1.73. The zero-order valence-electron chi connectivity index (χ0n) is 15.5. The van der Waals surface area contributed by atoms with Gasteiger partial charge in [0.05, 0.1) is 12.7 Å². The van der Waals surface area contributed by atoms with Crippen molar-refractivity contribution in [2.75, 3.05) is 0 Å². The van der Waals surface area contributed by atoms with Crippen LogP contribution in [0.3, 0.4) is 0 Å². The molecule has 1 saturated carbocycles. The Morgan fingerprint density at radius 2 is 1.70 bits per heavy atom. The van der Waals surface area contributed by atoms with Crippen molar-refractivity contribution in [3.63, 3.8) is 0 Å². The zero-order chi connectivity index (χ0) is 18.6. The van der Waals surface area contributed by atoms with Crippen LogP contribution in [0.5, 0.6) is 0 Å². The summed E-state index contributed by atoms with van der Waals surface area (Å²) >= 11 is 0. The maximum atomic E-state index is 13.2. The maximum absolute atomic E-state index is 13.2. The molecule has 2 aromatic carbocycles. The Labute approximate surface area is 159 Å². The molecule has 27 heavy (non-hydrogen) atoms. The van der Waals surface area contributed by atoms with Crippen LogP contribution in [-0.2, 0) is 13.1 Å². The van der Waals surface area contributed by atoms with Crippen molar-refractivity contribution in [3.8, 4) is 0 Å². The number of amides is 1. The average Bonchev–Trinajstić information content (AvgIpc) is 3.46. The molecule has 1 unspecified atom stereocenters. The highest BCUT2D eigenvalue weighted by Gasteiger charge is 2.35. The lowest BCUT2D eigenvalue weighted by atomic mass is 10.1. The molecule has 1 heterocycles. The van der Waals surface area contributed by atoms with E-state index in [1.807, 2.05) is 53.4 Å². The highest BCUT2D eigenvalue weighted by atomic mass is 16.2. The van der Waals surface area contributed by atoms with E-state index in [4.69, 9.17) is 0 Å². The number of carbonyl (C=O) groups is 1. The molecule has 1 aliphatic rings. The Bertz CT molecular complexity index is 887. The molecule has 0 aliphatic heterocycles. The molecule has 1 amide bonds. The monoisotopic (exact) mass is 360 g/mol. The number of hydrogen-bond donors (Lipinski definition) is 0. The SMILES string of the molecule is CC(C1CC1)N(Cc1ccccc1)C(=O)c1cn(Cc2ccccc2)nn1. The first-order valence-corrected chi connectivity index (χ1v) is 9.49. The third-order valence-corrected chi connectivity index (χ3v) is 5.20. The summed E-state index contributed by atoms with van der Waals surface area (Å²) in [6.45, 7) is 3.35. The second-order valence-electron chi connectivity index (χ2n) is 7.28. The minimum Gasteiger partial charge on any atom is -0.330 e. The predicted octanol–water partition coefficient (Wildman–Crippen LogP) is 3.77. The van der Waals surface area contributed by atoms with E-state index in [9.17, 15) is 4.79 Å². The molecule has 3 aromatic rings. The minimum absolute atomic E-state index is 0.0439. The van der Waals surface area contributed by atoms with Crippen LogP contribution < -0.4 is 0 Å². The Kier molecular flexibility index (Phi) is 5.01. The van der Waals surface area contributed by atoms with Crippen LogP contribution in [0.25, 0.3) is 0 Å². The van der Waals surface area contributed by atoms with E-state index in [0.717, 1.165) is 11.1 Å². The molecule has 4 rings (SSSR count). The van der Waals surface area contributed by atoms with Crippen LogP contribution in [-0.4, -0.2) is 31.8 Å². The third kappa shape index (κ3) is 4.25. The zero-order valence-corrected chi connectivity index (χ0v) is 15.5. The van der Waals surface area contributed by atoms with E-state index < -0.39 is 0 Å². The van der Waals surface area contributed by atoms with E-state index in [1.165, 1.54) is 12.8 Å². The second-order valence-corrected chi connectivity index (χ2v) is 7.28. The quantitative estimate of drug-likeness (QED) is 0.644. The Balaban J connectivity index is 1.52. The third-order valence-electron chi connectivity index (χ3n) is 5.20. The summed E-state index contributed by atoms with van der Waals surface area (Å²) in [7, 11) is 0. The van der Waals surface area contributed by atoms with Gasteiger partial charge < -0.3 is 4.90 Å². The van der Waals surface area contributed by atoms with Gasteiger partial charge in [-0.1, -0.05) is 65.9 Å². The van der Waals surface area contributed by atoms with Gasteiger partial charge in [0.15, 0.2) is 5.69 Å². The molecule has 0 N–H and O–H groups in total. The molecule has 5 heteroatoms. The van der Waals surface area contributed by atoms with Crippen molar-refractivity contribution in [3.05, 3.63) is 83.7 Å². The standard InChI is InChI=1S/C22H24N4O/c1-17(20-12-13-20)26(15-19-10-6-3-7-11-19)22(27)21-16-25(24-23-21)14-18-8-4-2-5-9-18/h2-11,16-17,20H,12-15H2,1H3. The van der Waals surface area contributed by atoms with Crippen molar-refractivity contribution in [1.29, 1.82) is 0 Å². The molecule has 1 aliphatic carbocycles. The lowest BCUT2D eigenvalue weighted by molar-refractivity contribution is 0.0648. The summed E-state index contributed by atoms with van der Waals surface area (Å²) in [5, 5.41) is 8.32. The summed E-state index contributed by atoms with van der Waals surface area (Å²) in [6, 6.07) is 20.4. The average molecular weight is 360 g/mol. The van der Waals surface area contributed by atoms with Gasteiger partial charge in [-0.15, -0.1) is 5.10 Å². The molecule has 138 valence electrons. The fourth-order valence-corrected chi connectivity index (χ4v) is 3.41. The van der Waals surface area contributed by atoms with Crippen molar-refractivity contribution < 1.29 is 4.79 Å². The number of carbonyl (C=O) groups excluding carboxylic acids is 1. The van der Waals surface area contributed by atoms with Crippen LogP contribution >= 0.6 is 0 Å². The highest BCUT2D eigenvalue weighted by molar-refractivity contribution is 5.92. The lowest BCUT2D eigenvalue weighted by Crippen LogP contribution is -2.39. The number of rotatable bonds is 7. The van der Waals surface area contributed by atoms with Crippen LogP contribution in [0.4, 0.5) is 0 Å². The highest BCUT2D eigenvalue weighted by Crippen LogP contribution is 2.36. The molecule has 1 atom stereocenters. The molecule has 0 bridgehead atoms. The van der Waals surface area contributed by atoms with Gasteiger partial charge in [-0.25, -0.2) is 4.68 Å². The van der Waals surface area contributed by atoms with Gasteiger partial charge in [0.2, 0.25) is 0 Å². The van der Waals surface area contributed by atoms with Gasteiger partial charge in [0, 0.05) is 12.6 Å². The Morgan fingerprint density at radius 3 is 2.33 bits per heavy atom. The van der Waals surface area contributed by atoms with E-state index in [0.29, 0.717) is 24.7 Å². The van der Waals surface area contributed by atoms with Gasteiger partial charge in [0.25, 0.3) is 5.91 Å². The normalized spacial score (nSPS) is 14.7. The molecule has 0 saturated heterocycles. The Morgan fingerprint density at radius 1 is 1.07 bits per heavy atom. The molecule has 0 spiro atoms. The van der Waals surface area contributed by atoms with Crippen molar-refractivity contribution in [1.82, 2.24) is 19.9 Å². The topological polar surface area (TPSA) is 51.0 Å². The molecule has 1 aromatic heterocycles. The first kappa shape index (κ1) is 17.5. The number of aromatic nitrogens is 3. The van der Waals surface area contributed by atoms with E-state index >= 15 is 0 Å². The van der Waals surface area contributed by atoms with E-state index in [2.05, 4.69) is 29.4 Å². The van der Waals surface area contributed by atoms with Gasteiger partial charge in [0.1, 0.15) is 0 Å². The second kappa shape index (κ2) is 7.74. The molecule has 1 fully saturated rings. The summed E-state index contributed by atoms with van der Waals surface area (Å²) in [6.07, 6.45) is 4.15. The number of nitrogens with zero attached hydrogens (tertiary/aromatic N) is 4. The molecular weight excluding hydrogens is 336 g/mol. The minimum atomic E-state index is -0.0439. The first-order valence-electron chi connectivity index (χ1n) is 9.49. The van der Waals surface area contributed by atoms with Gasteiger partial charge >= 0.3 is 0 Å². The smallest absolute Gasteiger partial charge is 0.276 e. The van der Waals surface area contributed by atoms with Gasteiger partial charge in [-0.2, -0.15) is 0 Å². The number of benzene rings is 2. The van der Waals surface area contributed by atoms with Crippen LogP contribution in [0.15, 0.2) is 66.9 Å². The predicted molar refractivity (Wildman–Crippen MR) is 104 cm³/mol. The first-order chi connectivity index (χ1) is 13.2. The van der Waals surface area contributed by atoms with Crippen LogP contribution in [0, 0.1) is 5.92 Å². The largest absolute Gasteiger partial charge is 0.330 e. The van der Waals surface area contributed by atoms with Crippen molar-refractivity contribution in [2.45, 2.75) is 38.9 Å². The van der Waals surface area contributed by atoms with Gasteiger partial charge in [-0.05, 0) is 36.8 Å². The molecule has 0 radical (unpaired) electrons. The fraction of sp³-hybridized carbons (Fsp3) is 0.318. The van der Waals surface area contributed by atoms with Crippen LogP contribution in [0.2, 0.25) is 0 Å². The summed E-state index contributed by atoms with van der Waals surface area (Å²) in [5.74, 6) is 0.551. The number of hydrogen-bond acceptors (Lipinski definition) is 3. The Hall–Kier alpha value is -2.95. The molecule has 5 nitrogen and oxygen atoms in total. The van der Waals surface area contributed by atoms with E-state index in [1.54, 1.807) is 10.9 Å².